The van der Waals surface area contributed by atoms with E-state index >= 15 is 0 Å². The third-order valence-electron chi connectivity index (χ3n) is 1.53. The number of nitrogens with two attached hydrogens (primary N) is 1. The van der Waals surface area contributed by atoms with Crippen LogP contribution in [-0.2, 0) is 9.63 Å². The average Bonchev–Trinajstić information content (AvgIpc) is 2.04. The van der Waals surface area contributed by atoms with Gasteiger partial charge in [0.25, 0.3) is 5.91 Å². The van der Waals surface area contributed by atoms with Gasteiger partial charge >= 0.3 is 0 Å². The van der Waals surface area contributed by atoms with Gasteiger partial charge in [-0.2, -0.15) is 0 Å². The Hall–Kier alpha value is -0.610. The zero-order chi connectivity index (χ0) is 10.3. The van der Waals surface area contributed by atoms with Crippen molar-refractivity contribution in [2.24, 2.45) is 11.7 Å². The molecule has 0 aliphatic heterocycles. The average molecular weight is 188 g/mol. The summed E-state index contributed by atoms with van der Waals surface area (Å²) < 4.78 is 0. The molecule has 0 heterocycles. The number of hydrogen-bond acceptors (Lipinski definition) is 3. The Kier molecular flexibility index (Phi) is 6.54. The van der Waals surface area contributed by atoms with Crippen LogP contribution in [0, 0.1) is 5.92 Å². The highest BCUT2D eigenvalue weighted by atomic mass is 16.7. The fourth-order valence-electron chi connectivity index (χ4n) is 0.797. The van der Waals surface area contributed by atoms with E-state index in [0.717, 1.165) is 6.42 Å². The Morgan fingerprint density at radius 3 is 2.62 bits per heavy atom. The Balaban J connectivity index is 3.50. The molecule has 78 valence electrons. The first kappa shape index (κ1) is 12.4. The van der Waals surface area contributed by atoms with Gasteiger partial charge < -0.3 is 5.73 Å². The molecule has 3 N–H and O–H groups in total. The minimum atomic E-state index is -0.447. The smallest absolute Gasteiger partial charge is 0.260 e. The van der Waals surface area contributed by atoms with E-state index in [-0.39, 0.29) is 5.91 Å². The molecule has 0 spiro atoms. The van der Waals surface area contributed by atoms with Crippen molar-refractivity contribution in [1.29, 1.82) is 0 Å². The molecule has 0 aliphatic carbocycles. The molecule has 0 bridgehead atoms. The number of carbonyl (C=O) groups is 1. The maximum Gasteiger partial charge on any atom is 0.260 e. The van der Waals surface area contributed by atoms with E-state index in [1.54, 1.807) is 0 Å². The Bertz CT molecular complexity index is 149. The summed E-state index contributed by atoms with van der Waals surface area (Å²) >= 11 is 0. The van der Waals surface area contributed by atoms with Crippen molar-refractivity contribution in [2.75, 3.05) is 6.61 Å². The molecule has 0 aromatic rings. The zero-order valence-corrected chi connectivity index (χ0v) is 8.67. The SMILES string of the molecule is CCCC(N)C(=O)NOCC(C)C. The lowest BCUT2D eigenvalue weighted by Crippen LogP contribution is -2.40. The van der Waals surface area contributed by atoms with Crippen LogP contribution in [0.25, 0.3) is 0 Å². The summed E-state index contributed by atoms with van der Waals surface area (Å²) in [5.41, 5.74) is 7.89. The first-order chi connectivity index (χ1) is 6.07. The van der Waals surface area contributed by atoms with Gasteiger partial charge in [-0.05, 0) is 12.3 Å². The number of hydroxylamine groups is 1. The fraction of sp³-hybridized carbons (Fsp3) is 0.889. The summed E-state index contributed by atoms with van der Waals surface area (Å²) in [5.74, 6) is 0.171. The third-order valence-corrected chi connectivity index (χ3v) is 1.53. The third kappa shape index (κ3) is 6.54. The van der Waals surface area contributed by atoms with Crippen molar-refractivity contribution in [3.8, 4) is 0 Å². The van der Waals surface area contributed by atoms with Crippen LogP contribution in [0.3, 0.4) is 0 Å². The van der Waals surface area contributed by atoms with Gasteiger partial charge in [0.05, 0.1) is 12.6 Å². The molecule has 0 rings (SSSR count). The van der Waals surface area contributed by atoms with Crippen LogP contribution in [0.15, 0.2) is 0 Å². The molecule has 0 saturated heterocycles. The fourth-order valence-corrected chi connectivity index (χ4v) is 0.797. The highest BCUT2D eigenvalue weighted by Crippen LogP contribution is 1.94. The van der Waals surface area contributed by atoms with Crippen molar-refractivity contribution in [3.63, 3.8) is 0 Å². The van der Waals surface area contributed by atoms with Crippen LogP contribution < -0.4 is 11.2 Å². The van der Waals surface area contributed by atoms with Crippen molar-refractivity contribution in [2.45, 2.75) is 39.7 Å². The lowest BCUT2D eigenvalue weighted by atomic mass is 10.2. The lowest BCUT2D eigenvalue weighted by molar-refractivity contribution is -0.135. The molecule has 0 fully saturated rings. The molecule has 4 nitrogen and oxygen atoms in total. The molecule has 1 unspecified atom stereocenters. The van der Waals surface area contributed by atoms with Crippen LogP contribution in [-0.4, -0.2) is 18.6 Å². The lowest BCUT2D eigenvalue weighted by Gasteiger charge is -2.11. The summed E-state index contributed by atoms with van der Waals surface area (Å²) in [6, 6.07) is -0.447. The minimum absolute atomic E-state index is 0.234. The molecule has 0 aromatic carbocycles. The predicted molar refractivity (Wildman–Crippen MR) is 51.8 cm³/mol. The Morgan fingerprint density at radius 1 is 1.54 bits per heavy atom. The summed E-state index contributed by atoms with van der Waals surface area (Å²) in [6.45, 7) is 6.53. The summed E-state index contributed by atoms with van der Waals surface area (Å²) in [7, 11) is 0. The Morgan fingerprint density at radius 2 is 2.15 bits per heavy atom. The highest BCUT2D eigenvalue weighted by Gasteiger charge is 2.11. The van der Waals surface area contributed by atoms with Gasteiger partial charge in [-0.3, -0.25) is 9.63 Å². The van der Waals surface area contributed by atoms with Gasteiger partial charge in [0.15, 0.2) is 0 Å². The topological polar surface area (TPSA) is 64.4 Å². The quantitative estimate of drug-likeness (QED) is 0.606. The summed E-state index contributed by atoms with van der Waals surface area (Å²) in [6.07, 6.45) is 1.59. The van der Waals surface area contributed by atoms with Gasteiger partial charge in [0.2, 0.25) is 0 Å². The monoisotopic (exact) mass is 188 g/mol. The molecule has 4 heteroatoms. The van der Waals surface area contributed by atoms with E-state index in [0.29, 0.717) is 18.9 Å². The van der Waals surface area contributed by atoms with Gasteiger partial charge in [-0.15, -0.1) is 0 Å². The van der Waals surface area contributed by atoms with Crippen LogP contribution in [0.4, 0.5) is 0 Å². The van der Waals surface area contributed by atoms with Gasteiger partial charge in [0, 0.05) is 0 Å². The number of nitrogens with one attached hydrogen (secondary N) is 1. The largest absolute Gasteiger partial charge is 0.320 e. The number of hydrogen-bond donors (Lipinski definition) is 2. The van der Waals surface area contributed by atoms with Crippen molar-refractivity contribution in [3.05, 3.63) is 0 Å². The Labute approximate surface area is 79.8 Å². The molecule has 1 amide bonds. The molecule has 0 saturated carbocycles. The second-order valence-electron chi connectivity index (χ2n) is 3.57. The van der Waals surface area contributed by atoms with E-state index < -0.39 is 6.04 Å². The normalized spacial score (nSPS) is 13.0. The first-order valence-electron chi connectivity index (χ1n) is 4.75. The zero-order valence-electron chi connectivity index (χ0n) is 8.67. The number of amides is 1. The van der Waals surface area contributed by atoms with Crippen LogP contribution in [0.5, 0.6) is 0 Å². The molecule has 0 aromatic heterocycles. The van der Waals surface area contributed by atoms with Gasteiger partial charge in [-0.25, -0.2) is 5.48 Å². The van der Waals surface area contributed by atoms with Crippen LogP contribution in [0.2, 0.25) is 0 Å². The molecular formula is C9H20N2O2. The van der Waals surface area contributed by atoms with E-state index in [1.165, 1.54) is 0 Å². The van der Waals surface area contributed by atoms with E-state index in [9.17, 15) is 4.79 Å². The second-order valence-corrected chi connectivity index (χ2v) is 3.57. The van der Waals surface area contributed by atoms with Crippen molar-refractivity contribution in [1.82, 2.24) is 5.48 Å². The van der Waals surface area contributed by atoms with Gasteiger partial charge in [0.1, 0.15) is 0 Å². The maximum atomic E-state index is 11.2. The summed E-state index contributed by atoms with van der Waals surface area (Å²) in [5, 5.41) is 0. The number of rotatable bonds is 6. The molecule has 0 radical (unpaired) electrons. The first-order valence-corrected chi connectivity index (χ1v) is 4.75. The minimum Gasteiger partial charge on any atom is -0.320 e. The van der Waals surface area contributed by atoms with Crippen LogP contribution >= 0.6 is 0 Å². The van der Waals surface area contributed by atoms with Crippen molar-refractivity contribution >= 4 is 5.91 Å². The number of carbonyl (C=O) groups excluding carboxylic acids is 1. The van der Waals surface area contributed by atoms with Gasteiger partial charge in [-0.1, -0.05) is 27.2 Å². The summed E-state index contributed by atoms with van der Waals surface area (Å²) in [4.78, 5) is 16.1. The van der Waals surface area contributed by atoms with E-state index in [1.807, 2.05) is 20.8 Å². The molecule has 13 heavy (non-hydrogen) atoms. The standard InChI is InChI=1S/C9H20N2O2/c1-4-5-8(10)9(12)11-13-6-7(2)3/h7-8H,4-6,10H2,1-3H3,(H,11,12). The molecular weight excluding hydrogens is 168 g/mol. The van der Waals surface area contributed by atoms with E-state index in [2.05, 4.69) is 5.48 Å². The van der Waals surface area contributed by atoms with E-state index in [4.69, 9.17) is 10.6 Å². The maximum absolute atomic E-state index is 11.2. The van der Waals surface area contributed by atoms with Crippen LogP contribution in [0.1, 0.15) is 33.6 Å². The molecule has 1 atom stereocenters. The highest BCUT2D eigenvalue weighted by molar-refractivity contribution is 5.80. The second kappa shape index (κ2) is 6.86. The van der Waals surface area contributed by atoms with Crippen molar-refractivity contribution < 1.29 is 9.63 Å². The predicted octanol–water partition coefficient (Wildman–Crippen LogP) is 0.818. The molecule has 0 aliphatic rings.